The van der Waals surface area contributed by atoms with Gasteiger partial charge in [-0.3, -0.25) is 9.59 Å². The first-order chi connectivity index (χ1) is 17.0. The summed E-state index contributed by atoms with van der Waals surface area (Å²) in [5.74, 6) is -2.17. The fourth-order valence-corrected chi connectivity index (χ4v) is 9.60. The number of aliphatic hydroxyl groups excluding tert-OH is 2. The fraction of sp³-hybridized carbons (Fsp3) is 0.793. The van der Waals surface area contributed by atoms with E-state index < -0.39 is 58.4 Å². The predicted octanol–water partition coefficient (Wildman–Crippen LogP) is 3.98. The number of carbonyl (C=O) groups is 2. The van der Waals surface area contributed by atoms with Crippen LogP contribution in [0.25, 0.3) is 0 Å². The second-order valence-corrected chi connectivity index (χ2v) is 12.9. The maximum atomic E-state index is 17.4. The van der Waals surface area contributed by atoms with Crippen molar-refractivity contribution >= 4 is 11.6 Å². The van der Waals surface area contributed by atoms with Gasteiger partial charge in [-0.25, -0.2) is 4.39 Å². The molecule has 198 valence electrons. The molecule has 0 amide bonds. The summed E-state index contributed by atoms with van der Waals surface area (Å²) in [7, 11) is 0. The summed E-state index contributed by atoms with van der Waals surface area (Å²) >= 11 is 0. The Morgan fingerprint density at radius 1 is 1.14 bits per heavy atom. The molecule has 0 aromatic heterocycles. The molecule has 2 N–H and O–H groups in total. The number of Topliss-reactive ketones (excluding diaryl/α,β-unsaturated/α-hetero) is 1. The molecule has 1 unspecified atom stereocenters. The smallest absolute Gasteiger partial charge is 0.193 e. The van der Waals surface area contributed by atoms with Crippen LogP contribution in [0.4, 0.5) is 4.39 Å². The SMILES string of the molecule is CC1(C2CCCCC2)O[C@@H]2C[C@H]3[C@@H]4CCC5=CC(=O)C=C[C@]5(C)[C@@]4(F)[C@@H](O)C[C@]3(C)[C@]2(C(=O)CO)O1. The Morgan fingerprint density at radius 3 is 2.56 bits per heavy atom. The lowest BCUT2D eigenvalue weighted by Crippen LogP contribution is -2.70. The maximum Gasteiger partial charge on any atom is 0.193 e. The molecule has 0 bridgehead atoms. The number of ketones is 2. The average molecular weight is 503 g/mol. The van der Waals surface area contributed by atoms with Crippen molar-refractivity contribution in [1.29, 1.82) is 0 Å². The summed E-state index contributed by atoms with van der Waals surface area (Å²) in [6.45, 7) is 4.97. The third-order valence-corrected chi connectivity index (χ3v) is 11.4. The molecular formula is C29H39FO6. The van der Waals surface area contributed by atoms with Crippen LogP contribution in [0, 0.1) is 28.6 Å². The molecule has 6 rings (SSSR count). The number of allylic oxidation sites excluding steroid dienone is 4. The number of aliphatic hydroxyl groups is 2. The van der Waals surface area contributed by atoms with E-state index in [1.54, 1.807) is 13.0 Å². The van der Waals surface area contributed by atoms with Gasteiger partial charge in [0, 0.05) is 22.7 Å². The monoisotopic (exact) mass is 502 g/mol. The van der Waals surface area contributed by atoms with Gasteiger partial charge < -0.3 is 19.7 Å². The van der Waals surface area contributed by atoms with Crippen molar-refractivity contribution in [3.63, 3.8) is 0 Å². The number of carbonyl (C=O) groups excluding carboxylic acids is 2. The summed E-state index contributed by atoms with van der Waals surface area (Å²) in [4.78, 5) is 25.7. The van der Waals surface area contributed by atoms with Gasteiger partial charge in [-0.2, -0.15) is 0 Å². The van der Waals surface area contributed by atoms with Crippen molar-refractivity contribution in [2.24, 2.45) is 28.6 Å². The van der Waals surface area contributed by atoms with E-state index >= 15 is 4.39 Å². The van der Waals surface area contributed by atoms with Gasteiger partial charge >= 0.3 is 0 Å². The van der Waals surface area contributed by atoms with Crippen LogP contribution in [0.1, 0.15) is 78.6 Å². The normalized spacial score (nSPS) is 52.3. The van der Waals surface area contributed by atoms with Crippen molar-refractivity contribution in [3.05, 3.63) is 23.8 Å². The van der Waals surface area contributed by atoms with Crippen molar-refractivity contribution < 1.29 is 33.7 Å². The van der Waals surface area contributed by atoms with Crippen LogP contribution < -0.4 is 0 Å². The van der Waals surface area contributed by atoms with Crippen LogP contribution in [0.3, 0.4) is 0 Å². The van der Waals surface area contributed by atoms with Crippen LogP contribution in [-0.4, -0.2) is 57.7 Å². The Hall–Kier alpha value is -1.41. The first-order valence-electron chi connectivity index (χ1n) is 13.8. The predicted molar refractivity (Wildman–Crippen MR) is 129 cm³/mol. The van der Waals surface area contributed by atoms with Gasteiger partial charge in [-0.05, 0) is 70.4 Å². The molecule has 4 saturated carbocycles. The van der Waals surface area contributed by atoms with Gasteiger partial charge in [0.25, 0.3) is 0 Å². The molecule has 5 aliphatic carbocycles. The van der Waals surface area contributed by atoms with E-state index in [0.717, 1.165) is 31.3 Å². The summed E-state index contributed by atoms with van der Waals surface area (Å²) in [5, 5.41) is 21.7. The standard InChI is InChI=1S/C29H39FO6/c1-25-12-11-19(32)13-18(25)9-10-20-21-14-24-29(23(34)16-31,26(21,2)15-22(33)28(20,25)30)36-27(3,35-24)17-7-5-4-6-8-17/h11-13,17,20-22,24,31,33H,4-10,14-16H2,1-3H3/t20-,21-,22-,24+,25-,26-,27?,28-,29+/m0/s1. The molecule has 1 heterocycles. The maximum absolute atomic E-state index is 17.4. The van der Waals surface area contributed by atoms with Gasteiger partial charge in [0.05, 0.1) is 12.2 Å². The minimum atomic E-state index is -1.98. The number of fused-ring (bicyclic) bond motifs is 7. The van der Waals surface area contributed by atoms with E-state index in [-0.39, 0.29) is 24.0 Å². The Labute approximate surface area is 212 Å². The van der Waals surface area contributed by atoms with E-state index in [2.05, 4.69) is 0 Å². The molecule has 0 spiro atoms. The molecule has 36 heavy (non-hydrogen) atoms. The van der Waals surface area contributed by atoms with Gasteiger partial charge in [-0.15, -0.1) is 0 Å². The molecule has 1 saturated heterocycles. The average Bonchev–Trinajstić information content (AvgIpc) is 3.29. The molecule has 0 aromatic rings. The fourth-order valence-electron chi connectivity index (χ4n) is 9.60. The quantitative estimate of drug-likeness (QED) is 0.607. The van der Waals surface area contributed by atoms with Crippen LogP contribution in [0.5, 0.6) is 0 Å². The van der Waals surface area contributed by atoms with E-state index in [4.69, 9.17) is 9.47 Å². The van der Waals surface area contributed by atoms with Gasteiger partial charge in [0.1, 0.15) is 6.61 Å². The van der Waals surface area contributed by atoms with Crippen molar-refractivity contribution in [1.82, 2.24) is 0 Å². The van der Waals surface area contributed by atoms with Gasteiger partial charge in [-0.1, -0.05) is 37.8 Å². The third-order valence-electron chi connectivity index (χ3n) is 11.4. The highest BCUT2D eigenvalue weighted by Crippen LogP contribution is 2.72. The number of ether oxygens (including phenoxy) is 2. The van der Waals surface area contributed by atoms with Crippen LogP contribution in [-0.2, 0) is 19.1 Å². The Kier molecular flexibility index (Phi) is 5.40. The first kappa shape index (κ1) is 24.9. The van der Waals surface area contributed by atoms with E-state index in [9.17, 15) is 19.8 Å². The van der Waals surface area contributed by atoms with E-state index in [1.165, 1.54) is 18.6 Å². The topological polar surface area (TPSA) is 93.1 Å². The minimum Gasteiger partial charge on any atom is -0.390 e. The summed E-state index contributed by atoms with van der Waals surface area (Å²) in [5.41, 5.74) is -4.65. The molecule has 9 atom stereocenters. The zero-order valence-corrected chi connectivity index (χ0v) is 21.6. The third kappa shape index (κ3) is 2.81. The Morgan fingerprint density at radius 2 is 1.86 bits per heavy atom. The van der Waals surface area contributed by atoms with Crippen LogP contribution >= 0.6 is 0 Å². The molecular weight excluding hydrogens is 463 g/mol. The van der Waals surface area contributed by atoms with E-state index in [0.29, 0.717) is 19.3 Å². The van der Waals surface area contributed by atoms with Crippen molar-refractivity contribution in [2.45, 2.75) is 108 Å². The number of rotatable bonds is 3. The van der Waals surface area contributed by atoms with Crippen molar-refractivity contribution in [2.75, 3.05) is 6.61 Å². The Balaban J connectivity index is 1.42. The van der Waals surface area contributed by atoms with E-state index in [1.807, 2.05) is 13.8 Å². The number of halogens is 1. The highest BCUT2D eigenvalue weighted by molar-refractivity contribution is 6.01. The number of hydrogen-bond donors (Lipinski definition) is 2. The molecule has 0 aromatic carbocycles. The molecule has 6 nitrogen and oxygen atoms in total. The second-order valence-electron chi connectivity index (χ2n) is 12.9. The van der Waals surface area contributed by atoms with Crippen LogP contribution in [0.2, 0.25) is 0 Å². The van der Waals surface area contributed by atoms with Gasteiger partial charge in [0.2, 0.25) is 0 Å². The summed E-state index contributed by atoms with van der Waals surface area (Å²) < 4.78 is 30.9. The number of alkyl halides is 1. The van der Waals surface area contributed by atoms with Crippen molar-refractivity contribution in [3.8, 4) is 0 Å². The molecule has 7 heteroatoms. The zero-order chi connectivity index (χ0) is 25.7. The minimum absolute atomic E-state index is 0.0294. The summed E-state index contributed by atoms with van der Waals surface area (Å²) in [6.07, 6.45) is 9.43. The zero-order valence-electron chi connectivity index (χ0n) is 21.6. The summed E-state index contributed by atoms with van der Waals surface area (Å²) in [6, 6.07) is 0. The van der Waals surface area contributed by atoms with Crippen LogP contribution in [0.15, 0.2) is 23.8 Å². The van der Waals surface area contributed by atoms with Gasteiger partial charge in [0.15, 0.2) is 28.6 Å². The lowest BCUT2D eigenvalue weighted by Gasteiger charge is -2.62. The lowest BCUT2D eigenvalue weighted by atomic mass is 9.44. The highest BCUT2D eigenvalue weighted by atomic mass is 19.1. The largest absolute Gasteiger partial charge is 0.390 e. The molecule has 5 fully saturated rings. The first-order valence-corrected chi connectivity index (χ1v) is 13.8. The number of hydrogen-bond acceptors (Lipinski definition) is 6. The molecule has 0 radical (unpaired) electrons. The lowest BCUT2D eigenvalue weighted by molar-refractivity contribution is -0.266. The Bertz CT molecular complexity index is 1050. The second kappa shape index (κ2) is 7.81. The molecule has 6 aliphatic rings. The molecule has 1 aliphatic heterocycles. The highest BCUT2D eigenvalue weighted by Gasteiger charge is 2.80.